The number of anilines is 9. The van der Waals surface area contributed by atoms with Crippen molar-refractivity contribution in [3.63, 3.8) is 0 Å². The Morgan fingerprint density at radius 1 is 0.250 bits per heavy atom. The monoisotopic (exact) mass is 1090 g/mol. The molecular formula is C78H52N4OS. The highest BCUT2D eigenvalue weighted by Crippen LogP contribution is 2.48. The maximum absolute atomic E-state index is 6.80. The Morgan fingerprint density at radius 3 is 1.27 bits per heavy atom. The van der Waals surface area contributed by atoms with Gasteiger partial charge in [-0.2, -0.15) is 0 Å². The molecule has 0 amide bonds. The first-order valence-electron chi connectivity index (χ1n) is 28.5. The summed E-state index contributed by atoms with van der Waals surface area (Å²) < 4.78 is 11.7. The number of furan rings is 1. The van der Waals surface area contributed by atoms with Gasteiger partial charge in [-0.1, -0.05) is 164 Å². The van der Waals surface area contributed by atoms with Gasteiger partial charge in [0.1, 0.15) is 11.2 Å². The molecule has 0 aliphatic rings. The summed E-state index contributed by atoms with van der Waals surface area (Å²) in [6.07, 6.45) is 0. The number of hydrogen-bond donors (Lipinski definition) is 0. The molecule has 16 rings (SSSR count). The summed E-state index contributed by atoms with van der Waals surface area (Å²) in [5.74, 6) is 0. The van der Waals surface area contributed by atoms with Gasteiger partial charge in [0.25, 0.3) is 0 Å². The van der Waals surface area contributed by atoms with Crippen molar-refractivity contribution in [3.8, 4) is 27.9 Å². The Hall–Kier alpha value is -10.9. The molecular weight excluding hydrogens is 1040 g/mol. The number of benzene rings is 13. The number of thiophene rings is 1. The van der Waals surface area contributed by atoms with E-state index in [4.69, 9.17) is 4.42 Å². The van der Waals surface area contributed by atoms with Gasteiger partial charge in [-0.05, 0) is 168 Å². The van der Waals surface area contributed by atoms with E-state index in [0.29, 0.717) is 0 Å². The lowest BCUT2D eigenvalue weighted by Gasteiger charge is -2.27. The van der Waals surface area contributed by atoms with Gasteiger partial charge in [-0.15, -0.1) is 11.3 Å². The van der Waals surface area contributed by atoms with Gasteiger partial charge in [0.2, 0.25) is 0 Å². The van der Waals surface area contributed by atoms with Crippen molar-refractivity contribution >= 4 is 126 Å². The van der Waals surface area contributed by atoms with Crippen molar-refractivity contribution < 1.29 is 4.42 Å². The number of hydrogen-bond acceptors (Lipinski definition) is 5. The molecule has 5 nitrogen and oxygen atoms in total. The number of aromatic nitrogens is 1. The van der Waals surface area contributed by atoms with Crippen LogP contribution >= 0.6 is 11.3 Å². The van der Waals surface area contributed by atoms with Crippen molar-refractivity contribution in [1.29, 1.82) is 0 Å². The molecule has 0 bridgehead atoms. The van der Waals surface area contributed by atoms with Gasteiger partial charge in [0.05, 0.1) is 11.0 Å². The second kappa shape index (κ2) is 20.6. The van der Waals surface area contributed by atoms with Crippen LogP contribution in [0, 0.1) is 0 Å². The highest BCUT2D eigenvalue weighted by Gasteiger charge is 2.23. The van der Waals surface area contributed by atoms with Crippen molar-refractivity contribution in [3.05, 3.63) is 315 Å². The van der Waals surface area contributed by atoms with Crippen LogP contribution in [0.4, 0.5) is 51.2 Å². The summed E-state index contributed by atoms with van der Waals surface area (Å²) in [5, 5.41) is 6.94. The second-order valence-electron chi connectivity index (χ2n) is 21.3. The maximum atomic E-state index is 6.80. The van der Waals surface area contributed by atoms with Crippen LogP contribution in [-0.4, -0.2) is 4.57 Å². The second-order valence-corrected chi connectivity index (χ2v) is 22.4. The molecule has 396 valence electrons. The molecule has 0 aliphatic heterocycles. The van der Waals surface area contributed by atoms with E-state index in [-0.39, 0.29) is 0 Å². The molecule has 0 spiro atoms. The molecule has 3 heterocycles. The van der Waals surface area contributed by atoms with Crippen LogP contribution < -0.4 is 14.7 Å². The van der Waals surface area contributed by atoms with Crippen molar-refractivity contribution in [2.75, 3.05) is 14.7 Å². The summed E-state index contributed by atoms with van der Waals surface area (Å²) in [6.45, 7) is 0. The van der Waals surface area contributed by atoms with Crippen LogP contribution in [0.5, 0.6) is 0 Å². The third-order valence-electron chi connectivity index (χ3n) is 16.3. The molecule has 16 aromatic rings. The summed E-state index contributed by atoms with van der Waals surface area (Å²) >= 11 is 1.84. The standard InChI is InChI=1S/C78H52N4OS/c1-7-21-53(22-8-1)65-41-35-59(47-69(65)54-23-9-2-10-24-54)81(60-38-44-75-70(48-60)68-43-37-64(52-76(68)83-75)79(55-25-11-3-12-26-55)56-27-13-4-14-28-56)62-40-46-78-72(50-62)71-49-61(39-45-77(71)84-78)80(57-29-15-5-16-30-57)63-36-42-67-66-33-19-20-34-73(66)82(74(67)51-63)58-31-17-6-18-32-58/h1-52H. The summed E-state index contributed by atoms with van der Waals surface area (Å²) in [7, 11) is 0. The average Bonchev–Trinajstić information content (AvgIpc) is 3.33. The third-order valence-corrected chi connectivity index (χ3v) is 17.5. The minimum atomic E-state index is 0.826. The fourth-order valence-corrected chi connectivity index (χ4v) is 13.6. The minimum Gasteiger partial charge on any atom is -0.456 e. The SMILES string of the molecule is c1ccc(-c2ccc(N(c3ccc4oc5cc(N(c6ccccc6)c6ccccc6)ccc5c4c3)c3ccc4sc5ccc(N(c6ccccc6)c6ccc7c8ccccc8n(-c8ccccc8)c7c6)cc5c4c3)cc2-c2ccccc2)cc1. The van der Waals surface area contributed by atoms with Crippen LogP contribution in [0.1, 0.15) is 0 Å². The first-order valence-corrected chi connectivity index (χ1v) is 29.3. The van der Waals surface area contributed by atoms with E-state index in [1.807, 2.05) is 11.3 Å². The van der Waals surface area contributed by atoms with Crippen LogP contribution in [0.2, 0.25) is 0 Å². The first-order chi connectivity index (χ1) is 41.6. The van der Waals surface area contributed by atoms with Gasteiger partial charge in [-0.25, -0.2) is 0 Å². The van der Waals surface area contributed by atoms with Gasteiger partial charge in [-0.3, -0.25) is 0 Å². The molecule has 6 heteroatoms. The molecule has 84 heavy (non-hydrogen) atoms. The van der Waals surface area contributed by atoms with Gasteiger partial charge in [0.15, 0.2) is 0 Å². The van der Waals surface area contributed by atoms with E-state index in [1.54, 1.807) is 0 Å². The molecule has 0 fully saturated rings. The topological polar surface area (TPSA) is 27.8 Å². The van der Waals surface area contributed by atoms with Crippen LogP contribution in [0.3, 0.4) is 0 Å². The largest absolute Gasteiger partial charge is 0.456 e. The number of fused-ring (bicyclic) bond motifs is 9. The van der Waals surface area contributed by atoms with Crippen molar-refractivity contribution in [2.45, 2.75) is 0 Å². The normalized spacial score (nSPS) is 11.6. The molecule has 0 aliphatic carbocycles. The molecule has 0 N–H and O–H groups in total. The Balaban J connectivity index is 0.866. The van der Waals surface area contributed by atoms with Gasteiger partial charge >= 0.3 is 0 Å². The molecule has 0 radical (unpaired) electrons. The Labute approximate surface area is 490 Å². The number of nitrogens with zero attached hydrogens (tertiary/aromatic N) is 4. The van der Waals surface area contributed by atoms with Gasteiger partial charge in [0, 0.05) is 105 Å². The zero-order valence-electron chi connectivity index (χ0n) is 45.6. The zero-order valence-corrected chi connectivity index (χ0v) is 46.4. The zero-order chi connectivity index (χ0) is 55.5. The lowest BCUT2D eigenvalue weighted by Crippen LogP contribution is -2.10. The highest BCUT2D eigenvalue weighted by atomic mass is 32.1. The summed E-state index contributed by atoms with van der Waals surface area (Å²) in [6, 6.07) is 114. The van der Waals surface area contributed by atoms with E-state index in [2.05, 4.69) is 335 Å². The number of para-hydroxylation sites is 5. The smallest absolute Gasteiger partial charge is 0.137 e. The summed E-state index contributed by atoms with van der Waals surface area (Å²) in [5.41, 5.74) is 19.3. The van der Waals surface area contributed by atoms with E-state index in [0.717, 1.165) is 95.5 Å². The van der Waals surface area contributed by atoms with E-state index in [1.165, 1.54) is 47.6 Å². The lowest BCUT2D eigenvalue weighted by molar-refractivity contribution is 0.669. The molecule has 3 aromatic heterocycles. The first kappa shape index (κ1) is 48.9. The van der Waals surface area contributed by atoms with Gasteiger partial charge < -0.3 is 23.7 Å². The van der Waals surface area contributed by atoms with Crippen LogP contribution in [0.15, 0.2) is 320 Å². The fourth-order valence-electron chi connectivity index (χ4n) is 12.5. The Bertz CT molecular complexity index is 5040. The van der Waals surface area contributed by atoms with Crippen LogP contribution in [0.25, 0.3) is 91.9 Å². The van der Waals surface area contributed by atoms with E-state index >= 15 is 0 Å². The highest BCUT2D eigenvalue weighted by molar-refractivity contribution is 7.25. The average molecular weight is 1090 g/mol. The molecule has 0 saturated carbocycles. The Kier molecular flexibility index (Phi) is 12.0. The number of rotatable bonds is 12. The Morgan fingerprint density at radius 2 is 0.667 bits per heavy atom. The molecule has 0 unspecified atom stereocenters. The maximum Gasteiger partial charge on any atom is 0.137 e. The van der Waals surface area contributed by atoms with E-state index < -0.39 is 0 Å². The molecule has 0 saturated heterocycles. The summed E-state index contributed by atoms with van der Waals surface area (Å²) in [4.78, 5) is 7.10. The molecule has 13 aromatic carbocycles. The quantitative estimate of drug-likeness (QED) is 0.122. The predicted octanol–water partition coefficient (Wildman–Crippen LogP) is 22.8. The van der Waals surface area contributed by atoms with Crippen LogP contribution in [-0.2, 0) is 0 Å². The predicted molar refractivity (Wildman–Crippen MR) is 356 cm³/mol. The fraction of sp³-hybridized carbons (Fsp3) is 0. The third kappa shape index (κ3) is 8.55. The minimum absolute atomic E-state index is 0.826. The van der Waals surface area contributed by atoms with Crippen molar-refractivity contribution in [1.82, 2.24) is 4.57 Å². The lowest BCUT2D eigenvalue weighted by atomic mass is 9.93. The molecule has 0 atom stereocenters. The van der Waals surface area contributed by atoms with E-state index in [9.17, 15) is 0 Å². The van der Waals surface area contributed by atoms with Crippen molar-refractivity contribution in [2.24, 2.45) is 0 Å².